The summed E-state index contributed by atoms with van der Waals surface area (Å²) in [7, 11) is 0. The lowest BCUT2D eigenvalue weighted by molar-refractivity contribution is 0.494. The number of nitrogen functional groups attached to an aromatic ring is 1. The molecular formula is C16H22ClN3O. The van der Waals surface area contributed by atoms with Crippen molar-refractivity contribution in [1.82, 2.24) is 9.36 Å². The van der Waals surface area contributed by atoms with E-state index in [4.69, 9.17) is 17.3 Å². The second kappa shape index (κ2) is 6.39. The summed E-state index contributed by atoms with van der Waals surface area (Å²) >= 11 is 5.93. The van der Waals surface area contributed by atoms with Gasteiger partial charge in [0.15, 0.2) is 0 Å². The zero-order valence-corrected chi connectivity index (χ0v) is 13.5. The molecule has 0 unspecified atom stereocenters. The molecule has 5 heteroatoms. The van der Waals surface area contributed by atoms with Gasteiger partial charge in [0.05, 0.1) is 11.4 Å². The number of halogens is 1. The Morgan fingerprint density at radius 3 is 2.38 bits per heavy atom. The third-order valence-corrected chi connectivity index (χ3v) is 3.65. The fourth-order valence-corrected chi connectivity index (χ4v) is 2.62. The summed E-state index contributed by atoms with van der Waals surface area (Å²) in [4.78, 5) is 12.5. The molecule has 114 valence electrons. The van der Waals surface area contributed by atoms with Crippen molar-refractivity contribution in [3.63, 3.8) is 0 Å². The first-order valence-corrected chi connectivity index (χ1v) is 7.69. The summed E-state index contributed by atoms with van der Waals surface area (Å²) in [6.07, 6.45) is 1.73. The maximum Gasteiger partial charge on any atom is 0.294 e. The highest BCUT2D eigenvalue weighted by Crippen LogP contribution is 2.19. The molecule has 0 aliphatic carbocycles. The molecule has 2 N–H and O–H groups in total. The molecule has 21 heavy (non-hydrogen) atoms. The van der Waals surface area contributed by atoms with E-state index >= 15 is 0 Å². The van der Waals surface area contributed by atoms with Gasteiger partial charge in [-0.2, -0.15) is 0 Å². The molecule has 0 fully saturated rings. The molecule has 0 radical (unpaired) electrons. The fraction of sp³-hybridized carbons (Fsp3) is 0.438. The first-order valence-electron chi connectivity index (χ1n) is 7.31. The van der Waals surface area contributed by atoms with Crippen LogP contribution in [0.15, 0.2) is 29.1 Å². The van der Waals surface area contributed by atoms with Gasteiger partial charge in [-0.25, -0.2) is 4.68 Å². The van der Waals surface area contributed by atoms with Crippen molar-refractivity contribution in [3.8, 4) is 5.69 Å². The smallest absolute Gasteiger partial charge is 0.294 e. The highest BCUT2D eigenvalue weighted by molar-refractivity contribution is 6.30. The van der Waals surface area contributed by atoms with E-state index in [0.29, 0.717) is 16.6 Å². The number of rotatable bonds is 5. The SMILES string of the molecule is CCCn1c(CC(C)C)c(N)c(=O)n1-c1ccc(Cl)cc1. The van der Waals surface area contributed by atoms with E-state index in [9.17, 15) is 4.79 Å². The predicted octanol–water partition coefficient (Wildman–Crippen LogP) is 3.48. The van der Waals surface area contributed by atoms with E-state index in [1.807, 2.05) is 16.8 Å². The fourth-order valence-electron chi connectivity index (χ4n) is 2.49. The average Bonchev–Trinajstić information content (AvgIpc) is 2.65. The minimum absolute atomic E-state index is 0.151. The number of aromatic nitrogens is 2. The number of benzene rings is 1. The van der Waals surface area contributed by atoms with Gasteiger partial charge in [-0.3, -0.25) is 9.48 Å². The largest absolute Gasteiger partial charge is 0.393 e. The molecule has 1 aromatic carbocycles. The van der Waals surface area contributed by atoms with Crippen LogP contribution in [0, 0.1) is 5.92 Å². The Hall–Kier alpha value is -1.68. The van der Waals surface area contributed by atoms with Crippen LogP contribution < -0.4 is 11.3 Å². The van der Waals surface area contributed by atoms with Crippen LogP contribution in [0.2, 0.25) is 5.02 Å². The van der Waals surface area contributed by atoms with Gasteiger partial charge in [0.25, 0.3) is 5.56 Å². The van der Waals surface area contributed by atoms with Crippen LogP contribution in [0.1, 0.15) is 32.9 Å². The van der Waals surface area contributed by atoms with E-state index in [1.54, 1.807) is 16.8 Å². The van der Waals surface area contributed by atoms with E-state index in [-0.39, 0.29) is 5.56 Å². The number of nitrogens with two attached hydrogens (primary N) is 1. The highest BCUT2D eigenvalue weighted by Gasteiger charge is 2.19. The predicted molar refractivity (Wildman–Crippen MR) is 88.3 cm³/mol. The van der Waals surface area contributed by atoms with Gasteiger partial charge >= 0.3 is 0 Å². The molecule has 0 bridgehead atoms. The van der Waals surface area contributed by atoms with Crippen LogP contribution in [0.5, 0.6) is 0 Å². The third kappa shape index (κ3) is 3.16. The van der Waals surface area contributed by atoms with E-state index in [1.165, 1.54) is 0 Å². The van der Waals surface area contributed by atoms with Crippen molar-refractivity contribution >= 4 is 17.3 Å². The van der Waals surface area contributed by atoms with Crippen molar-refractivity contribution in [2.24, 2.45) is 5.92 Å². The normalized spacial score (nSPS) is 11.3. The Labute approximate surface area is 130 Å². The molecule has 0 saturated carbocycles. The summed E-state index contributed by atoms with van der Waals surface area (Å²) in [5.41, 5.74) is 7.99. The maximum atomic E-state index is 12.5. The van der Waals surface area contributed by atoms with Crippen LogP contribution in [-0.2, 0) is 13.0 Å². The number of hydrogen-bond donors (Lipinski definition) is 1. The van der Waals surface area contributed by atoms with Crippen molar-refractivity contribution in [1.29, 1.82) is 0 Å². The van der Waals surface area contributed by atoms with Gasteiger partial charge < -0.3 is 5.73 Å². The molecule has 0 spiro atoms. The Balaban J connectivity index is 2.64. The standard InChI is InChI=1S/C16H22ClN3O/c1-4-9-19-14(10-11(2)3)15(18)16(21)20(19)13-7-5-12(17)6-8-13/h5-8,11H,4,9-10,18H2,1-3H3. The van der Waals surface area contributed by atoms with E-state index in [2.05, 4.69) is 20.8 Å². The first kappa shape index (κ1) is 15.7. The van der Waals surface area contributed by atoms with Crippen LogP contribution in [-0.4, -0.2) is 9.36 Å². The second-order valence-electron chi connectivity index (χ2n) is 5.67. The second-order valence-corrected chi connectivity index (χ2v) is 6.11. The van der Waals surface area contributed by atoms with Gasteiger partial charge in [0.1, 0.15) is 5.69 Å². The molecule has 1 aromatic heterocycles. The Morgan fingerprint density at radius 2 is 1.86 bits per heavy atom. The van der Waals surface area contributed by atoms with Gasteiger partial charge in [-0.15, -0.1) is 0 Å². The van der Waals surface area contributed by atoms with Crippen molar-refractivity contribution in [2.45, 2.75) is 40.2 Å². The number of anilines is 1. The quantitative estimate of drug-likeness (QED) is 0.919. The summed E-state index contributed by atoms with van der Waals surface area (Å²) < 4.78 is 3.66. The summed E-state index contributed by atoms with van der Waals surface area (Å²) in [5, 5.41) is 0.649. The lowest BCUT2D eigenvalue weighted by Gasteiger charge is -2.15. The van der Waals surface area contributed by atoms with Gasteiger partial charge in [-0.05, 0) is 43.0 Å². The number of nitrogens with zero attached hydrogens (tertiary/aromatic N) is 2. The topological polar surface area (TPSA) is 52.9 Å². The van der Waals surface area contributed by atoms with Crippen LogP contribution >= 0.6 is 11.6 Å². The lowest BCUT2D eigenvalue weighted by Crippen LogP contribution is -2.22. The van der Waals surface area contributed by atoms with Crippen LogP contribution in [0.3, 0.4) is 0 Å². The molecule has 4 nitrogen and oxygen atoms in total. The van der Waals surface area contributed by atoms with Gasteiger partial charge in [0, 0.05) is 11.6 Å². The minimum Gasteiger partial charge on any atom is -0.393 e. The summed E-state index contributed by atoms with van der Waals surface area (Å²) in [6, 6.07) is 7.25. The van der Waals surface area contributed by atoms with E-state index in [0.717, 1.165) is 30.8 Å². The van der Waals surface area contributed by atoms with Crippen LogP contribution in [0.25, 0.3) is 5.69 Å². The Bertz CT molecular complexity index is 668. The minimum atomic E-state index is -0.151. The van der Waals surface area contributed by atoms with Gasteiger partial charge in [-0.1, -0.05) is 32.4 Å². The molecule has 0 aliphatic rings. The van der Waals surface area contributed by atoms with Crippen LogP contribution in [0.4, 0.5) is 5.69 Å². The van der Waals surface area contributed by atoms with E-state index < -0.39 is 0 Å². The van der Waals surface area contributed by atoms with Gasteiger partial charge in [0.2, 0.25) is 0 Å². The number of hydrogen-bond acceptors (Lipinski definition) is 2. The Morgan fingerprint density at radius 1 is 1.24 bits per heavy atom. The zero-order valence-electron chi connectivity index (χ0n) is 12.8. The molecule has 0 atom stereocenters. The summed E-state index contributed by atoms with van der Waals surface area (Å²) in [5.74, 6) is 0.441. The average molecular weight is 308 g/mol. The monoisotopic (exact) mass is 307 g/mol. The third-order valence-electron chi connectivity index (χ3n) is 3.39. The zero-order chi connectivity index (χ0) is 15.6. The highest BCUT2D eigenvalue weighted by atomic mass is 35.5. The molecule has 0 amide bonds. The molecule has 0 aliphatic heterocycles. The van der Waals surface area contributed by atoms with Crippen molar-refractivity contribution < 1.29 is 0 Å². The summed E-state index contributed by atoms with van der Waals surface area (Å²) in [6.45, 7) is 7.10. The van der Waals surface area contributed by atoms with Crippen molar-refractivity contribution in [3.05, 3.63) is 45.3 Å². The molecule has 2 rings (SSSR count). The Kier molecular flexibility index (Phi) is 4.78. The molecule has 2 aromatic rings. The van der Waals surface area contributed by atoms with Crippen molar-refractivity contribution in [2.75, 3.05) is 5.73 Å². The molecule has 0 saturated heterocycles. The first-order chi connectivity index (χ1) is 9.95. The molecule has 1 heterocycles. The molecular weight excluding hydrogens is 286 g/mol. The maximum absolute atomic E-state index is 12.5. The lowest BCUT2D eigenvalue weighted by atomic mass is 10.1.